The fourth-order valence-electron chi connectivity index (χ4n) is 1.55. The number of aromatic nitrogens is 3. The van der Waals surface area contributed by atoms with E-state index in [2.05, 4.69) is 15.4 Å². The van der Waals surface area contributed by atoms with E-state index in [0.29, 0.717) is 18.8 Å². The van der Waals surface area contributed by atoms with Gasteiger partial charge >= 0.3 is 5.97 Å². The third-order valence-electron chi connectivity index (χ3n) is 2.63. The second kappa shape index (κ2) is 4.82. The Hall–Kier alpha value is -2.11. The maximum Gasteiger partial charge on any atom is 0.308 e. The molecule has 0 aromatic carbocycles. The summed E-state index contributed by atoms with van der Waals surface area (Å²) < 4.78 is 1.65. The maximum atomic E-state index is 10.8. The predicted octanol–water partition coefficient (Wildman–Crippen LogP) is 1.25. The van der Waals surface area contributed by atoms with Gasteiger partial charge in [0.1, 0.15) is 5.82 Å². The van der Waals surface area contributed by atoms with Gasteiger partial charge in [0.25, 0.3) is 0 Å². The van der Waals surface area contributed by atoms with Gasteiger partial charge in [-0.2, -0.15) is 5.10 Å². The van der Waals surface area contributed by atoms with E-state index in [1.54, 1.807) is 29.0 Å². The number of carboxylic acids is 1. The van der Waals surface area contributed by atoms with Gasteiger partial charge < -0.3 is 10.4 Å². The zero-order valence-electron chi connectivity index (χ0n) is 9.50. The molecule has 0 amide bonds. The van der Waals surface area contributed by atoms with Crippen LogP contribution in [0, 0.1) is 5.92 Å². The second-order valence-electron chi connectivity index (χ2n) is 3.77. The van der Waals surface area contributed by atoms with Crippen LogP contribution in [-0.4, -0.2) is 32.2 Å². The highest BCUT2D eigenvalue weighted by Crippen LogP contribution is 2.08. The number of nitrogens with one attached hydrogen (secondary N) is 1. The molecular formula is C11H14N4O2. The number of aliphatic carboxylic acids is 1. The van der Waals surface area contributed by atoms with Crippen molar-refractivity contribution in [1.82, 2.24) is 14.6 Å². The second-order valence-corrected chi connectivity index (χ2v) is 3.77. The Morgan fingerprint density at radius 1 is 1.59 bits per heavy atom. The van der Waals surface area contributed by atoms with Gasteiger partial charge in [0, 0.05) is 18.8 Å². The fourth-order valence-corrected chi connectivity index (χ4v) is 1.55. The Morgan fingerprint density at radius 3 is 3.12 bits per heavy atom. The first-order chi connectivity index (χ1) is 8.20. The Bertz CT molecular complexity index is 523. The number of anilines is 1. The van der Waals surface area contributed by atoms with Gasteiger partial charge in [-0.05, 0) is 12.5 Å². The number of carboxylic acid groups (broad SMARTS) is 1. The zero-order valence-corrected chi connectivity index (χ0v) is 9.50. The lowest BCUT2D eigenvalue weighted by Crippen LogP contribution is -2.22. The quantitative estimate of drug-likeness (QED) is 0.814. The van der Waals surface area contributed by atoms with Gasteiger partial charge in [0.2, 0.25) is 0 Å². The summed E-state index contributed by atoms with van der Waals surface area (Å²) in [5.74, 6) is -0.513. The molecule has 2 aromatic rings. The highest BCUT2D eigenvalue weighted by Gasteiger charge is 2.14. The van der Waals surface area contributed by atoms with E-state index < -0.39 is 11.9 Å². The number of hydrogen-bond acceptors (Lipinski definition) is 4. The molecule has 2 aromatic heterocycles. The lowest BCUT2D eigenvalue weighted by atomic mass is 10.1. The summed E-state index contributed by atoms with van der Waals surface area (Å²) in [5.41, 5.74) is 0.735. The molecule has 0 aliphatic heterocycles. The molecule has 0 fully saturated rings. The number of fused-ring (bicyclic) bond motifs is 1. The zero-order chi connectivity index (χ0) is 12.3. The van der Waals surface area contributed by atoms with Crippen LogP contribution >= 0.6 is 0 Å². The van der Waals surface area contributed by atoms with Crippen molar-refractivity contribution >= 4 is 17.4 Å². The minimum Gasteiger partial charge on any atom is -0.481 e. The molecule has 0 aliphatic carbocycles. The molecular weight excluding hydrogens is 220 g/mol. The van der Waals surface area contributed by atoms with E-state index in [1.807, 2.05) is 6.92 Å². The first-order valence-electron chi connectivity index (χ1n) is 5.47. The monoisotopic (exact) mass is 234 g/mol. The average molecular weight is 234 g/mol. The molecule has 1 atom stereocenters. The van der Waals surface area contributed by atoms with Crippen molar-refractivity contribution < 1.29 is 9.90 Å². The van der Waals surface area contributed by atoms with Crippen LogP contribution in [0.2, 0.25) is 0 Å². The highest BCUT2D eigenvalue weighted by atomic mass is 16.4. The molecule has 0 radical (unpaired) electrons. The lowest BCUT2D eigenvalue weighted by molar-refractivity contribution is -0.141. The molecule has 17 heavy (non-hydrogen) atoms. The van der Waals surface area contributed by atoms with Crippen LogP contribution < -0.4 is 5.32 Å². The molecule has 2 rings (SSSR count). The average Bonchev–Trinajstić information content (AvgIpc) is 2.76. The maximum absolute atomic E-state index is 10.8. The molecule has 90 valence electrons. The smallest absolute Gasteiger partial charge is 0.308 e. The van der Waals surface area contributed by atoms with Crippen molar-refractivity contribution in [2.24, 2.45) is 5.92 Å². The van der Waals surface area contributed by atoms with E-state index in [4.69, 9.17) is 5.11 Å². The van der Waals surface area contributed by atoms with Gasteiger partial charge in [-0.1, -0.05) is 6.92 Å². The summed E-state index contributed by atoms with van der Waals surface area (Å²) in [6, 6.07) is 3.56. The minimum atomic E-state index is -0.787. The Morgan fingerprint density at radius 2 is 2.41 bits per heavy atom. The van der Waals surface area contributed by atoms with Crippen LogP contribution in [0.3, 0.4) is 0 Å². The van der Waals surface area contributed by atoms with Crippen molar-refractivity contribution in [1.29, 1.82) is 0 Å². The molecule has 0 saturated heterocycles. The van der Waals surface area contributed by atoms with Gasteiger partial charge in [0.15, 0.2) is 5.65 Å². The lowest BCUT2D eigenvalue weighted by Gasteiger charge is -2.11. The van der Waals surface area contributed by atoms with Crippen molar-refractivity contribution in [2.75, 3.05) is 11.9 Å². The van der Waals surface area contributed by atoms with E-state index in [0.717, 1.165) is 5.65 Å². The van der Waals surface area contributed by atoms with E-state index in [1.165, 1.54) is 0 Å². The summed E-state index contributed by atoms with van der Waals surface area (Å²) in [6.07, 6.45) is 4.04. The number of rotatable bonds is 5. The molecule has 2 N–H and O–H groups in total. The molecule has 1 unspecified atom stereocenters. The summed E-state index contributed by atoms with van der Waals surface area (Å²) in [7, 11) is 0. The van der Waals surface area contributed by atoms with E-state index in [9.17, 15) is 4.79 Å². The molecule has 0 bridgehead atoms. The van der Waals surface area contributed by atoms with Gasteiger partial charge in [-0.3, -0.25) is 4.79 Å². The molecule has 6 heteroatoms. The minimum absolute atomic E-state index is 0.378. The molecule has 0 aliphatic rings. The van der Waals surface area contributed by atoms with E-state index in [-0.39, 0.29) is 0 Å². The van der Waals surface area contributed by atoms with Crippen LogP contribution in [0.4, 0.5) is 5.82 Å². The van der Waals surface area contributed by atoms with Crippen molar-refractivity contribution in [3.05, 3.63) is 24.5 Å². The summed E-state index contributed by atoms with van der Waals surface area (Å²) >= 11 is 0. The summed E-state index contributed by atoms with van der Waals surface area (Å²) in [4.78, 5) is 15.1. The van der Waals surface area contributed by atoms with E-state index >= 15 is 0 Å². The van der Waals surface area contributed by atoms with Crippen LogP contribution in [0.5, 0.6) is 0 Å². The molecule has 0 spiro atoms. The van der Waals surface area contributed by atoms with Crippen LogP contribution in [0.15, 0.2) is 24.5 Å². The third kappa shape index (κ3) is 2.52. The van der Waals surface area contributed by atoms with Crippen LogP contribution in [-0.2, 0) is 4.79 Å². The number of carbonyl (C=O) groups is 1. The summed E-state index contributed by atoms with van der Waals surface area (Å²) in [6.45, 7) is 2.23. The highest BCUT2D eigenvalue weighted by molar-refractivity contribution is 5.70. The Balaban J connectivity index is 2.05. The van der Waals surface area contributed by atoms with Crippen LogP contribution in [0.25, 0.3) is 5.65 Å². The van der Waals surface area contributed by atoms with Gasteiger partial charge in [0.05, 0.1) is 12.1 Å². The van der Waals surface area contributed by atoms with Gasteiger partial charge in [-0.25, -0.2) is 9.50 Å². The van der Waals surface area contributed by atoms with Crippen molar-refractivity contribution in [2.45, 2.75) is 13.3 Å². The summed E-state index contributed by atoms with van der Waals surface area (Å²) in [5, 5.41) is 16.0. The molecule has 2 heterocycles. The topological polar surface area (TPSA) is 79.5 Å². The first kappa shape index (κ1) is 11.4. The molecule has 6 nitrogen and oxygen atoms in total. The third-order valence-corrected chi connectivity index (χ3v) is 2.63. The largest absolute Gasteiger partial charge is 0.481 e. The predicted molar refractivity (Wildman–Crippen MR) is 62.9 cm³/mol. The fraction of sp³-hybridized carbons (Fsp3) is 0.364. The first-order valence-corrected chi connectivity index (χ1v) is 5.47. The Kier molecular flexibility index (Phi) is 3.22. The standard InChI is InChI=1S/C11H14N4O2/c1-2-8(11(16)17)7-12-9-4-6-15-10(14-9)3-5-13-15/h3-6,8H,2,7H2,1H3,(H,12,14)(H,16,17). The molecule has 0 saturated carbocycles. The number of nitrogens with zero attached hydrogens (tertiary/aromatic N) is 3. The Labute approximate surface area is 98.3 Å². The van der Waals surface area contributed by atoms with Gasteiger partial charge in [-0.15, -0.1) is 0 Å². The SMILES string of the molecule is CCC(CNc1ccn2nccc2n1)C(=O)O. The normalized spacial score (nSPS) is 12.5. The van der Waals surface area contributed by atoms with Crippen molar-refractivity contribution in [3.63, 3.8) is 0 Å². The number of hydrogen-bond donors (Lipinski definition) is 2. The van der Waals surface area contributed by atoms with Crippen molar-refractivity contribution in [3.8, 4) is 0 Å². The van der Waals surface area contributed by atoms with Crippen LogP contribution in [0.1, 0.15) is 13.3 Å².